The van der Waals surface area contributed by atoms with Gasteiger partial charge in [0.25, 0.3) is 0 Å². The van der Waals surface area contributed by atoms with E-state index in [0.717, 1.165) is 19.2 Å². The number of hydrogen-bond donors (Lipinski definition) is 0. The van der Waals surface area contributed by atoms with Crippen LogP contribution in [-0.4, -0.2) is 23.3 Å². The second-order valence-corrected chi connectivity index (χ2v) is 3.86. The minimum absolute atomic E-state index is 0.0411. The number of benzene rings is 1. The molecule has 0 spiro atoms. The van der Waals surface area contributed by atoms with Gasteiger partial charge in [-0.15, -0.1) is 0 Å². The third-order valence-corrected chi connectivity index (χ3v) is 2.49. The Morgan fingerprint density at radius 2 is 2.06 bits per heavy atom. The van der Waals surface area contributed by atoms with Crippen LogP contribution in [0.25, 0.3) is 0 Å². The Hall–Kier alpha value is -1.30. The third-order valence-electron chi connectivity index (χ3n) is 2.24. The quantitative estimate of drug-likeness (QED) is 0.616. The molecular formula is C11H10F3O2Si. The predicted octanol–water partition coefficient (Wildman–Crippen LogP) is 2.62. The van der Waals surface area contributed by atoms with Crippen LogP contribution in [0.15, 0.2) is 18.2 Å². The molecule has 3 radical (unpaired) electrons. The van der Waals surface area contributed by atoms with Gasteiger partial charge in [0.05, 0.1) is 18.2 Å². The number of esters is 1. The molecule has 1 rings (SSSR count). The first-order valence-electron chi connectivity index (χ1n) is 4.83. The van der Waals surface area contributed by atoms with E-state index < -0.39 is 17.7 Å². The fraction of sp³-hybridized carbons (Fsp3) is 0.364. The Bertz CT molecular complexity index is 416. The van der Waals surface area contributed by atoms with Crippen LogP contribution in [0.4, 0.5) is 13.2 Å². The van der Waals surface area contributed by atoms with E-state index in [1.165, 1.54) is 6.07 Å². The van der Waals surface area contributed by atoms with Crippen molar-refractivity contribution in [3.05, 3.63) is 34.9 Å². The molecule has 0 aliphatic rings. The molecule has 0 unspecified atom stereocenters. The standard InChI is InChI=1S/C11H10F3O2Si/c1-16-10(15)9-6-8(11(12,13)14)3-2-7(9)4-5-17/h2-3,6H,4-5H2,1H3. The highest BCUT2D eigenvalue weighted by molar-refractivity contribution is 6.08. The minimum atomic E-state index is -4.46. The Labute approximate surface area is 100 Å². The van der Waals surface area contributed by atoms with Gasteiger partial charge in [0.2, 0.25) is 0 Å². The van der Waals surface area contributed by atoms with E-state index >= 15 is 0 Å². The molecular weight excluding hydrogens is 249 g/mol. The van der Waals surface area contributed by atoms with Gasteiger partial charge in [-0.2, -0.15) is 13.2 Å². The normalized spacial score (nSPS) is 11.4. The van der Waals surface area contributed by atoms with E-state index in [1.54, 1.807) is 0 Å². The zero-order chi connectivity index (χ0) is 13.1. The summed E-state index contributed by atoms with van der Waals surface area (Å²) in [6.07, 6.45) is -4.01. The molecule has 6 heteroatoms. The van der Waals surface area contributed by atoms with E-state index in [4.69, 9.17) is 0 Å². The highest BCUT2D eigenvalue weighted by atomic mass is 28.1. The lowest BCUT2D eigenvalue weighted by atomic mass is 10.0. The van der Waals surface area contributed by atoms with Gasteiger partial charge in [-0.05, 0) is 24.1 Å². The molecule has 0 aliphatic carbocycles. The molecule has 0 saturated heterocycles. The molecule has 0 amide bonds. The molecule has 0 aromatic heterocycles. The van der Waals surface area contributed by atoms with Crippen LogP contribution in [0.5, 0.6) is 0 Å². The van der Waals surface area contributed by atoms with Crippen molar-refractivity contribution in [2.75, 3.05) is 7.11 Å². The van der Waals surface area contributed by atoms with Gasteiger partial charge in [0.15, 0.2) is 0 Å². The Balaban J connectivity index is 3.24. The zero-order valence-electron chi connectivity index (χ0n) is 9.10. The number of aryl methyl sites for hydroxylation is 1. The molecule has 91 valence electrons. The second-order valence-electron chi connectivity index (χ2n) is 3.36. The van der Waals surface area contributed by atoms with Crippen molar-refractivity contribution < 1.29 is 22.7 Å². The van der Waals surface area contributed by atoms with Gasteiger partial charge >= 0.3 is 12.1 Å². The topological polar surface area (TPSA) is 26.3 Å². The maximum atomic E-state index is 12.5. The number of halogens is 3. The highest BCUT2D eigenvalue weighted by Crippen LogP contribution is 2.31. The van der Waals surface area contributed by atoms with Crippen LogP contribution in [0, 0.1) is 0 Å². The van der Waals surface area contributed by atoms with E-state index in [0.29, 0.717) is 18.0 Å². The van der Waals surface area contributed by atoms with Crippen LogP contribution in [-0.2, 0) is 17.3 Å². The molecule has 0 fully saturated rings. The van der Waals surface area contributed by atoms with Crippen LogP contribution in [0.3, 0.4) is 0 Å². The molecule has 2 nitrogen and oxygen atoms in total. The molecule has 0 bridgehead atoms. The number of carbonyl (C=O) groups is 1. The van der Waals surface area contributed by atoms with Gasteiger partial charge in [0, 0.05) is 10.2 Å². The summed E-state index contributed by atoms with van der Waals surface area (Å²) in [4.78, 5) is 11.4. The van der Waals surface area contributed by atoms with Gasteiger partial charge < -0.3 is 4.74 Å². The third kappa shape index (κ3) is 3.32. The summed E-state index contributed by atoms with van der Waals surface area (Å²) in [6, 6.07) is 3.64. The van der Waals surface area contributed by atoms with Crippen molar-refractivity contribution in [3.63, 3.8) is 0 Å². The molecule has 1 aromatic rings. The van der Waals surface area contributed by atoms with Crippen molar-refractivity contribution in [2.45, 2.75) is 18.6 Å². The first-order chi connectivity index (χ1) is 7.90. The first-order valence-corrected chi connectivity index (χ1v) is 5.54. The minimum Gasteiger partial charge on any atom is -0.465 e. The van der Waals surface area contributed by atoms with Gasteiger partial charge in [0.1, 0.15) is 0 Å². The smallest absolute Gasteiger partial charge is 0.416 e. The number of ether oxygens (including phenoxy) is 1. The summed E-state index contributed by atoms with van der Waals surface area (Å²) < 4.78 is 41.9. The largest absolute Gasteiger partial charge is 0.465 e. The Kier molecular flexibility index (Phi) is 4.33. The molecule has 0 atom stereocenters. The van der Waals surface area contributed by atoms with Gasteiger partial charge in [-0.3, -0.25) is 0 Å². The van der Waals surface area contributed by atoms with E-state index in [1.807, 2.05) is 0 Å². The molecule has 0 saturated carbocycles. The molecule has 1 aromatic carbocycles. The van der Waals surface area contributed by atoms with Crippen LogP contribution in [0.1, 0.15) is 21.5 Å². The lowest BCUT2D eigenvalue weighted by Crippen LogP contribution is -2.11. The number of hydrogen-bond acceptors (Lipinski definition) is 2. The van der Waals surface area contributed by atoms with E-state index in [2.05, 4.69) is 15.0 Å². The molecule has 0 aliphatic heterocycles. The number of alkyl halides is 3. The average Bonchev–Trinajstić information content (AvgIpc) is 2.27. The summed E-state index contributed by atoms with van der Waals surface area (Å²) >= 11 is 0. The lowest BCUT2D eigenvalue weighted by molar-refractivity contribution is -0.137. The molecule has 0 N–H and O–H groups in total. The summed E-state index contributed by atoms with van der Waals surface area (Å²) in [7, 11) is 4.36. The van der Waals surface area contributed by atoms with Crippen molar-refractivity contribution in [1.82, 2.24) is 0 Å². The Morgan fingerprint density at radius 3 is 2.53 bits per heavy atom. The van der Waals surface area contributed by atoms with Gasteiger partial charge in [-0.25, -0.2) is 4.79 Å². The van der Waals surface area contributed by atoms with Crippen molar-refractivity contribution >= 4 is 16.2 Å². The second kappa shape index (κ2) is 5.35. The number of methoxy groups -OCH3 is 1. The summed E-state index contributed by atoms with van der Waals surface area (Å²) in [5.74, 6) is -0.758. The number of carbonyl (C=O) groups excluding carboxylic acids is 1. The average molecular weight is 259 g/mol. The summed E-state index contributed by atoms with van der Waals surface area (Å²) in [5.41, 5.74) is -0.365. The highest BCUT2D eigenvalue weighted by Gasteiger charge is 2.31. The van der Waals surface area contributed by atoms with Crippen LogP contribution >= 0.6 is 0 Å². The zero-order valence-corrected chi connectivity index (χ0v) is 10.1. The van der Waals surface area contributed by atoms with Crippen molar-refractivity contribution in [3.8, 4) is 0 Å². The SMILES string of the molecule is COC(=O)c1cc(C(F)(F)F)ccc1CC[Si]. The Morgan fingerprint density at radius 1 is 1.41 bits per heavy atom. The maximum absolute atomic E-state index is 12.5. The van der Waals surface area contributed by atoms with Crippen LogP contribution in [0.2, 0.25) is 6.04 Å². The van der Waals surface area contributed by atoms with Crippen molar-refractivity contribution in [1.29, 1.82) is 0 Å². The monoisotopic (exact) mass is 259 g/mol. The van der Waals surface area contributed by atoms with E-state index in [9.17, 15) is 18.0 Å². The molecule has 17 heavy (non-hydrogen) atoms. The van der Waals surface area contributed by atoms with Gasteiger partial charge in [-0.1, -0.05) is 12.1 Å². The number of rotatable bonds is 3. The van der Waals surface area contributed by atoms with Crippen LogP contribution < -0.4 is 0 Å². The fourth-order valence-corrected chi connectivity index (χ4v) is 1.67. The molecule has 0 heterocycles. The lowest BCUT2D eigenvalue weighted by Gasteiger charge is -2.11. The summed E-state index contributed by atoms with van der Waals surface area (Å²) in [6.45, 7) is 0. The predicted molar refractivity (Wildman–Crippen MR) is 57.0 cm³/mol. The fourth-order valence-electron chi connectivity index (χ4n) is 1.41. The first kappa shape index (κ1) is 13.8. The van der Waals surface area contributed by atoms with E-state index in [-0.39, 0.29) is 5.56 Å². The van der Waals surface area contributed by atoms with Crippen molar-refractivity contribution in [2.24, 2.45) is 0 Å². The summed E-state index contributed by atoms with van der Waals surface area (Å²) in [5, 5.41) is 0. The maximum Gasteiger partial charge on any atom is 0.416 e.